The number of aromatic nitrogens is 1. The highest BCUT2D eigenvalue weighted by atomic mass is 35.5. The van der Waals surface area contributed by atoms with Crippen LogP contribution in [0.5, 0.6) is 11.5 Å². The maximum Gasteiger partial charge on any atom is 0.387 e. The zero-order valence-electron chi connectivity index (χ0n) is 24.9. The Balaban J connectivity index is 1.43. The van der Waals surface area contributed by atoms with Gasteiger partial charge in [-0.15, -0.1) is 0 Å². The monoisotopic (exact) mass is 697 g/mol. The molecule has 1 aromatic heterocycles. The number of pyridine rings is 1. The minimum atomic E-state index is -4.18. The fourth-order valence-electron chi connectivity index (χ4n) is 4.86. The zero-order valence-corrected chi connectivity index (χ0v) is 27.2. The van der Waals surface area contributed by atoms with Gasteiger partial charge in [0.25, 0.3) is 5.91 Å². The summed E-state index contributed by atoms with van der Waals surface area (Å²) in [6.45, 7) is -2.74. The number of carbonyl (C=O) groups excluding carboxylic acids is 2. The van der Waals surface area contributed by atoms with Gasteiger partial charge in [0, 0.05) is 45.0 Å². The fourth-order valence-corrected chi connectivity index (χ4v) is 7.05. The van der Waals surface area contributed by atoms with Crippen molar-refractivity contribution in [2.24, 2.45) is 5.92 Å². The quantitative estimate of drug-likeness (QED) is 0.207. The molecule has 0 spiro atoms. The van der Waals surface area contributed by atoms with Crippen molar-refractivity contribution < 1.29 is 41.0 Å². The van der Waals surface area contributed by atoms with Crippen LogP contribution in [0.3, 0.4) is 0 Å². The van der Waals surface area contributed by atoms with Crippen LogP contribution in [-0.4, -0.2) is 74.4 Å². The molecule has 2 aliphatic rings. The molecule has 2 atom stereocenters. The minimum Gasteiger partial charge on any atom is -0.489 e. The van der Waals surface area contributed by atoms with Gasteiger partial charge in [0.1, 0.15) is 12.1 Å². The summed E-state index contributed by atoms with van der Waals surface area (Å²) < 4.78 is 70.9. The summed E-state index contributed by atoms with van der Waals surface area (Å²) in [7, 11) is -1.08. The number of hydrogen-bond donors (Lipinski definition) is 0. The van der Waals surface area contributed by atoms with Gasteiger partial charge in [-0.1, -0.05) is 35.3 Å². The third-order valence-electron chi connectivity index (χ3n) is 7.66. The van der Waals surface area contributed by atoms with Crippen LogP contribution >= 0.6 is 23.2 Å². The van der Waals surface area contributed by atoms with E-state index in [0.29, 0.717) is 23.7 Å². The van der Waals surface area contributed by atoms with Gasteiger partial charge < -0.3 is 19.1 Å². The molecule has 0 radical (unpaired) electrons. The van der Waals surface area contributed by atoms with Gasteiger partial charge in [-0.25, -0.2) is 8.42 Å². The van der Waals surface area contributed by atoms with Gasteiger partial charge in [0.15, 0.2) is 11.5 Å². The molecule has 0 N–H and O–H groups in total. The van der Waals surface area contributed by atoms with Crippen LogP contribution in [0.4, 0.5) is 8.78 Å². The Bertz CT molecular complexity index is 1700. The molecule has 246 valence electrons. The Hall–Kier alpha value is -3.52. The molecule has 15 heteroatoms. The summed E-state index contributed by atoms with van der Waals surface area (Å²) in [6.07, 6.45) is 3.73. The summed E-state index contributed by atoms with van der Waals surface area (Å²) in [5.41, 5.74) is 0.939. The van der Waals surface area contributed by atoms with Crippen molar-refractivity contribution in [1.82, 2.24) is 14.2 Å². The highest BCUT2D eigenvalue weighted by Crippen LogP contribution is 2.39. The van der Waals surface area contributed by atoms with Crippen LogP contribution < -0.4 is 9.47 Å². The van der Waals surface area contributed by atoms with E-state index in [1.54, 1.807) is 14.1 Å². The molecule has 3 aromatic rings. The molecule has 1 aliphatic carbocycles. The molecule has 10 nitrogen and oxygen atoms in total. The number of benzene rings is 2. The molecule has 1 amide bonds. The van der Waals surface area contributed by atoms with Crippen molar-refractivity contribution >= 4 is 45.1 Å². The van der Waals surface area contributed by atoms with Gasteiger partial charge in [-0.3, -0.25) is 14.6 Å². The van der Waals surface area contributed by atoms with Crippen LogP contribution in [0, 0.1) is 5.92 Å². The van der Waals surface area contributed by atoms with Crippen LogP contribution in [0.1, 0.15) is 46.9 Å². The molecule has 1 saturated carbocycles. The lowest BCUT2D eigenvalue weighted by Gasteiger charge is -2.38. The van der Waals surface area contributed by atoms with Crippen LogP contribution in [0.15, 0.2) is 59.8 Å². The molecule has 46 heavy (non-hydrogen) atoms. The summed E-state index contributed by atoms with van der Waals surface area (Å²) in [5, 5.41) is 0.410. The summed E-state index contributed by atoms with van der Waals surface area (Å²) >= 11 is 12.8. The van der Waals surface area contributed by atoms with Gasteiger partial charge in [-0.05, 0) is 66.6 Å². The maximum absolute atomic E-state index is 13.6. The molecular weight excluding hydrogens is 667 g/mol. The lowest BCUT2D eigenvalue weighted by Crippen LogP contribution is -2.55. The van der Waals surface area contributed by atoms with Gasteiger partial charge in [0.2, 0.25) is 10.0 Å². The molecule has 1 aliphatic heterocycles. The standard InChI is InChI=1S/C31H31Cl2F2N3O7S/c1-37(2)29(39)20-4-3-5-21(12-20)46(41,42)38-11-10-25(38)30(40)44-27(14-22-23(32)15-36-16-24(22)33)19-8-9-26(45-31(34)35)28(13-19)43-17-18-6-7-18/h3-5,8-9,12-13,15-16,18,25,27,31H,6-7,10-11,14,17H2,1-2H3. The van der Waals surface area contributed by atoms with E-state index in [4.69, 9.17) is 32.7 Å². The Morgan fingerprint density at radius 2 is 1.76 bits per heavy atom. The van der Waals surface area contributed by atoms with E-state index in [0.717, 1.165) is 17.1 Å². The Morgan fingerprint density at radius 1 is 1.04 bits per heavy atom. The minimum absolute atomic E-state index is 0.0395. The number of amides is 1. The van der Waals surface area contributed by atoms with Crippen molar-refractivity contribution in [2.75, 3.05) is 27.2 Å². The third kappa shape index (κ3) is 7.71. The molecule has 1 saturated heterocycles. The predicted octanol–water partition coefficient (Wildman–Crippen LogP) is 5.77. The molecule has 2 fully saturated rings. The second-order valence-corrected chi connectivity index (χ2v) is 13.9. The molecular formula is C31H31Cl2F2N3O7S. The summed E-state index contributed by atoms with van der Waals surface area (Å²) in [5.74, 6) is -1.05. The van der Waals surface area contributed by atoms with E-state index >= 15 is 0 Å². The van der Waals surface area contributed by atoms with Crippen LogP contribution in [0.2, 0.25) is 10.0 Å². The molecule has 2 unspecified atom stereocenters. The number of rotatable bonds is 13. The molecule has 2 heterocycles. The summed E-state index contributed by atoms with van der Waals surface area (Å²) in [4.78, 5) is 31.2. The van der Waals surface area contributed by atoms with E-state index in [9.17, 15) is 26.8 Å². The second-order valence-electron chi connectivity index (χ2n) is 11.2. The van der Waals surface area contributed by atoms with Gasteiger partial charge in [-0.2, -0.15) is 13.1 Å². The number of halogens is 4. The Morgan fingerprint density at radius 3 is 2.37 bits per heavy atom. The highest BCUT2D eigenvalue weighted by Gasteiger charge is 2.45. The normalized spacial score (nSPS) is 17.2. The topological polar surface area (TPSA) is 115 Å². The number of alkyl halides is 2. The van der Waals surface area contributed by atoms with Crippen molar-refractivity contribution in [1.29, 1.82) is 0 Å². The molecule has 2 aromatic carbocycles. The zero-order chi connectivity index (χ0) is 33.2. The van der Waals surface area contributed by atoms with E-state index in [1.807, 2.05) is 0 Å². The van der Waals surface area contributed by atoms with Crippen molar-refractivity contribution in [2.45, 2.75) is 49.3 Å². The number of hydrogen-bond acceptors (Lipinski definition) is 8. The number of esters is 1. The van der Waals surface area contributed by atoms with E-state index < -0.39 is 34.7 Å². The largest absolute Gasteiger partial charge is 0.489 e. The van der Waals surface area contributed by atoms with Gasteiger partial charge in [0.05, 0.1) is 21.5 Å². The first-order valence-corrected chi connectivity index (χ1v) is 16.6. The predicted molar refractivity (Wildman–Crippen MR) is 165 cm³/mol. The second kappa shape index (κ2) is 14.1. The molecule has 5 rings (SSSR count). The first-order valence-electron chi connectivity index (χ1n) is 14.4. The third-order valence-corrected chi connectivity index (χ3v) is 10.2. The number of nitrogens with zero attached hydrogens (tertiary/aromatic N) is 3. The molecule has 0 bridgehead atoms. The fraction of sp³-hybridized carbons (Fsp3) is 0.387. The maximum atomic E-state index is 13.6. The lowest BCUT2D eigenvalue weighted by atomic mass is 10.0. The van der Waals surface area contributed by atoms with Crippen molar-refractivity contribution in [3.05, 3.63) is 81.6 Å². The SMILES string of the molecule is CN(C)C(=O)c1cccc(S(=O)(=O)N2CCC2C(=O)OC(Cc2c(Cl)cncc2Cl)c2ccc(OC(F)F)c(OCC3CC3)c2)c1. The Kier molecular flexibility index (Phi) is 10.4. The van der Waals surface area contributed by atoms with E-state index in [-0.39, 0.29) is 57.3 Å². The smallest absolute Gasteiger partial charge is 0.387 e. The van der Waals surface area contributed by atoms with Crippen molar-refractivity contribution in [3.8, 4) is 11.5 Å². The lowest BCUT2D eigenvalue weighted by molar-refractivity contribution is -0.157. The van der Waals surface area contributed by atoms with Crippen LogP contribution in [0.25, 0.3) is 0 Å². The average molecular weight is 699 g/mol. The van der Waals surface area contributed by atoms with E-state index in [1.165, 1.54) is 59.8 Å². The highest BCUT2D eigenvalue weighted by molar-refractivity contribution is 7.89. The van der Waals surface area contributed by atoms with Crippen LogP contribution in [-0.2, 0) is 26.0 Å². The van der Waals surface area contributed by atoms with Gasteiger partial charge >= 0.3 is 12.6 Å². The Labute approximate surface area is 275 Å². The summed E-state index contributed by atoms with van der Waals surface area (Å²) in [6, 6.07) is 8.61. The number of sulfonamides is 1. The number of carbonyl (C=O) groups is 2. The number of ether oxygens (including phenoxy) is 3. The average Bonchev–Trinajstić information content (AvgIpc) is 3.81. The van der Waals surface area contributed by atoms with Crippen molar-refractivity contribution in [3.63, 3.8) is 0 Å². The first-order chi connectivity index (χ1) is 21.8. The van der Waals surface area contributed by atoms with E-state index in [2.05, 4.69) is 9.72 Å². The first kappa shape index (κ1) is 33.8.